The van der Waals surface area contributed by atoms with Crippen LogP contribution in [0.5, 0.6) is 0 Å². The topological polar surface area (TPSA) is 12.0 Å². The van der Waals surface area contributed by atoms with Crippen molar-refractivity contribution in [3.63, 3.8) is 0 Å². The van der Waals surface area contributed by atoms with Crippen molar-refractivity contribution in [2.75, 3.05) is 6.54 Å². The third-order valence-corrected chi connectivity index (χ3v) is 4.83. The first-order valence-corrected chi connectivity index (χ1v) is 8.29. The second-order valence-electron chi connectivity index (χ2n) is 4.71. The van der Waals surface area contributed by atoms with E-state index in [2.05, 4.69) is 21.2 Å². The van der Waals surface area contributed by atoms with E-state index in [0.29, 0.717) is 13.0 Å². The van der Waals surface area contributed by atoms with Crippen molar-refractivity contribution in [2.45, 2.75) is 25.8 Å². The molecule has 2 aromatic rings. The first kappa shape index (κ1) is 16.5. The summed E-state index contributed by atoms with van der Waals surface area (Å²) in [6, 6.07) is 3.84. The maximum atomic E-state index is 14.0. The van der Waals surface area contributed by atoms with Crippen molar-refractivity contribution in [3.05, 3.63) is 55.9 Å². The largest absolute Gasteiger partial charge is 0.310 e. The molecule has 0 saturated heterocycles. The summed E-state index contributed by atoms with van der Waals surface area (Å²) in [6.07, 6.45) is 1.40. The molecule has 1 aromatic carbocycles. The summed E-state index contributed by atoms with van der Waals surface area (Å²) < 4.78 is 41.4. The second kappa shape index (κ2) is 7.42. The third kappa shape index (κ3) is 4.08. The van der Waals surface area contributed by atoms with Gasteiger partial charge in [0.05, 0.1) is 0 Å². The predicted octanol–water partition coefficient (Wildman–Crippen LogP) is 5.21. The Morgan fingerprint density at radius 2 is 2.00 bits per heavy atom. The molecule has 2 rings (SSSR count). The van der Waals surface area contributed by atoms with Gasteiger partial charge in [-0.2, -0.15) is 0 Å². The summed E-state index contributed by atoms with van der Waals surface area (Å²) in [7, 11) is 0. The Hall–Kier alpha value is -0.850. The maximum absolute atomic E-state index is 14.0. The first-order chi connectivity index (χ1) is 10.0. The SMILES string of the molecule is CCCNC(Cc1cc(Br)cs1)c1ccc(F)c(F)c1F. The Kier molecular flexibility index (Phi) is 5.84. The number of rotatable bonds is 6. The summed E-state index contributed by atoms with van der Waals surface area (Å²) in [5, 5.41) is 5.13. The lowest BCUT2D eigenvalue weighted by molar-refractivity contribution is 0.423. The number of halogens is 4. The zero-order valence-electron chi connectivity index (χ0n) is 11.4. The van der Waals surface area contributed by atoms with Gasteiger partial charge in [-0.3, -0.25) is 0 Å². The highest BCUT2D eigenvalue weighted by atomic mass is 79.9. The second-order valence-corrected chi connectivity index (χ2v) is 6.62. The molecule has 0 bridgehead atoms. The van der Waals surface area contributed by atoms with E-state index in [1.165, 1.54) is 6.07 Å². The average Bonchev–Trinajstić information content (AvgIpc) is 2.87. The Labute approximate surface area is 134 Å². The van der Waals surface area contributed by atoms with Gasteiger partial charge in [-0.15, -0.1) is 11.3 Å². The van der Waals surface area contributed by atoms with Crippen LogP contribution in [0.2, 0.25) is 0 Å². The van der Waals surface area contributed by atoms with Crippen LogP contribution in [0, 0.1) is 17.5 Å². The van der Waals surface area contributed by atoms with Gasteiger partial charge in [-0.05, 0) is 41.0 Å². The standard InChI is InChI=1S/C15H15BrF3NS/c1-2-5-20-13(7-10-6-9(16)8-21-10)11-3-4-12(17)15(19)14(11)18/h3-4,6,8,13,20H,2,5,7H2,1H3. The molecule has 1 N–H and O–H groups in total. The fraction of sp³-hybridized carbons (Fsp3) is 0.333. The van der Waals surface area contributed by atoms with Crippen LogP contribution in [0.1, 0.15) is 29.8 Å². The van der Waals surface area contributed by atoms with Crippen LogP contribution in [-0.2, 0) is 6.42 Å². The van der Waals surface area contributed by atoms with Crippen LogP contribution in [0.4, 0.5) is 13.2 Å². The number of hydrogen-bond donors (Lipinski definition) is 1. The summed E-state index contributed by atoms with van der Waals surface area (Å²) in [5.41, 5.74) is 0.159. The highest BCUT2D eigenvalue weighted by Crippen LogP contribution is 2.28. The van der Waals surface area contributed by atoms with E-state index in [1.807, 2.05) is 18.4 Å². The van der Waals surface area contributed by atoms with E-state index in [9.17, 15) is 13.2 Å². The Bertz CT molecular complexity index is 615. The highest BCUT2D eigenvalue weighted by molar-refractivity contribution is 9.10. The summed E-state index contributed by atoms with van der Waals surface area (Å²) in [4.78, 5) is 1.04. The molecule has 0 aliphatic carbocycles. The van der Waals surface area contributed by atoms with Gasteiger partial charge < -0.3 is 5.32 Å². The third-order valence-electron chi connectivity index (χ3n) is 3.11. The Morgan fingerprint density at radius 3 is 2.62 bits per heavy atom. The van der Waals surface area contributed by atoms with Crippen molar-refractivity contribution in [1.29, 1.82) is 0 Å². The molecule has 114 valence electrons. The molecule has 0 amide bonds. The van der Waals surface area contributed by atoms with Gasteiger partial charge in [0.25, 0.3) is 0 Å². The predicted molar refractivity (Wildman–Crippen MR) is 83.1 cm³/mol. The Balaban J connectivity index is 2.29. The number of thiophene rings is 1. The molecule has 1 atom stereocenters. The smallest absolute Gasteiger partial charge is 0.194 e. The molecule has 0 spiro atoms. The van der Waals surface area contributed by atoms with Gasteiger partial charge in [0.2, 0.25) is 0 Å². The molecule has 21 heavy (non-hydrogen) atoms. The van der Waals surface area contributed by atoms with E-state index >= 15 is 0 Å². The van der Waals surface area contributed by atoms with Crippen LogP contribution in [0.25, 0.3) is 0 Å². The number of nitrogens with one attached hydrogen (secondary N) is 1. The van der Waals surface area contributed by atoms with Gasteiger partial charge >= 0.3 is 0 Å². The number of benzene rings is 1. The van der Waals surface area contributed by atoms with Crippen LogP contribution in [0.3, 0.4) is 0 Å². The fourth-order valence-corrected chi connectivity index (χ4v) is 3.58. The molecule has 6 heteroatoms. The monoisotopic (exact) mass is 377 g/mol. The molecule has 0 aliphatic rings. The van der Waals surface area contributed by atoms with Crippen molar-refractivity contribution in [3.8, 4) is 0 Å². The molecule has 1 unspecified atom stereocenters. The zero-order chi connectivity index (χ0) is 15.4. The van der Waals surface area contributed by atoms with Gasteiger partial charge in [-0.25, -0.2) is 13.2 Å². The van der Waals surface area contributed by atoms with E-state index < -0.39 is 17.5 Å². The molecule has 0 fully saturated rings. The summed E-state index contributed by atoms with van der Waals surface area (Å²) in [6.45, 7) is 2.67. The lowest BCUT2D eigenvalue weighted by Gasteiger charge is -2.19. The van der Waals surface area contributed by atoms with Crippen molar-refractivity contribution < 1.29 is 13.2 Å². The molecule has 1 aromatic heterocycles. The van der Waals surface area contributed by atoms with Crippen molar-refractivity contribution in [1.82, 2.24) is 5.32 Å². The van der Waals surface area contributed by atoms with E-state index in [-0.39, 0.29) is 11.6 Å². The minimum atomic E-state index is -1.41. The van der Waals surface area contributed by atoms with Gasteiger partial charge in [-0.1, -0.05) is 13.0 Å². The van der Waals surface area contributed by atoms with Crippen molar-refractivity contribution in [2.24, 2.45) is 0 Å². The summed E-state index contributed by atoms with van der Waals surface area (Å²) >= 11 is 4.91. The minimum Gasteiger partial charge on any atom is -0.310 e. The molecule has 0 aliphatic heterocycles. The molecular weight excluding hydrogens is 363 g/mol. The maximum Gasteiger partial charge on any atom is 0.194 e. The number of hydrogen-bond acceptors (Lipinski definition) is 2. The van der Waals surface area contributed by atoms with Crippen molar-refractivity contribution >= 4 is 27.3 Å². The van der Waals surface area contributed by atoms with Crippen LogP contribution in [-0.4, -0.2) is 6.54 Å². The van der Waals surface area contributed by atoms with Crippen LogP contribution in [0.15, 0.2) is 28.1 Å². The zero-order valence-corrected chi connectivity index (χ0v) is 13.8. The van der Waals surface area contributed by atoms with Gasteiger partial charge in [0.15, 0.2) is 17.5 Å². The lowest BCUT2D eigenvalue weighted by atomic mass is 10.0. The van der Waals surface area contributed by atoms with Crippen LogP contribution >= 0.6 is 27.3 Å². The average molecular weight is 378 g/mol. The van der Waals surface area contributed by atoms with Gasteiger partial charge in [0, 0.05) is 32.8 Å². The molecule has 1 heterocycles. The molecule has 0 saturated carbocycles. The normalized spacial score (nSPS) is 12.6. The quantitative estimate of drug-likeness (QED) is 0.681. The van der Waals surface area contributed by atoms with Crippen LogP contribution < -0.4 is 5.32 Å². The van der Waals surface area contributed by atoms with E-state index in [4.69, 9.17) is 0 Å². The van der Waals surface area contributed by atoms with Gasteiger partial charge in [0.1, 0.15) is 0 Å². The molecule has 1 nitrogen and oxygen atoms in total. The minimum absolute atomic E-state index is 0.159. The highest BCUT2D eigenvalue weighted by Gasteiger charge is 2.21. The Morgan fingerprint density at radius 1 is 1.24 bits per heavy atom. The lowest BCUT2D eigenvalue weighted by Crippen LogP contribution is -2.25. The van der Waals surface area contributed by atoms with E-state index in [0.717, 1.165) is 21.8 Å². The first-order valence-electron chi connectivity index (χ1n) is 6.62. The molecular formula is C15H15BrF3NS. The van der Waals surface area contributed by atoms with E-state index in [1.54, 1.807) is 11.3 Å². The molecule has 0 radical (unpaired) electrons. The fourth-order valence-electron chi connectivity index (χ4n) is 2.08. The summed E-state index contributed by atoms with van der Waals surface area (Å²) in [5.74, 6) is -3.69.